The zero-order valence-corrected chi connectivity index (χ0v) is 13.0. The lowest BCUT2D eigenvalue weighted by Gasteiger charge is -2.49. The van der Waals surface area contributed by atoms with Crippen molar-refractivity contribution in [2.24, 2.45) is 11.1 Å². The zero-order valence-electron chi connectivity index (χ0n) is 13.0. The Kier molecular flexibility index (Phi) is 3.80. The Morgan fingerprint density at radius 3 is 2.70 bits per heavy atom. The monoisotopic (exact) mass is 279 g/mol. The van der Waals surface area contributed by atoms with Crippen LogP contribution in [0.5, 0.6) is 0 Å². The molecule has 3 rings (SSSR count). The van der Waals surface area contributed by atoms with Crippen molar-refractivity contribution in [2.75, 3.05) is 19.6 Å². The molecule has 1 saturated carbocycles. The first-order valence-electron chi connectivity index (χ1n) is 8.33. The second-order valence-corrected chi connectivity index (χ2v) is 7.37. The second-order valence-electron chi connectivity index (χ2n) is 7.37. The number of piperazine rings is 1. The molecule has 0 aromatic heterocycles. The molecule has 0 aromatic rings. The van der Waals surface area contributed by atoms with Gasteiger partial charge in [-0.2, -0.15) is 0 Å². The molecule has 4 nitrogen and oxygen atoms in total. The van der Waals surface area contributed by atoms with E-state index in [4.69, 9.17) is 5.73 Å². The summed E-state index contributed by atoms with van der Waals surface area (Å²) in [5.74, 6) is 0.320. The van der Waals surface area contributed by atoms with E-state index in [1.165, 1.54) is 25.8 Å². The maximum atomic E-state index is 13.0. The number of fused-ring (bicyclic) bond motifs is 1. The van der Waals surface area contributed by atoms with Crippen molar-refractivity contribution in [1.82, 2.24) is 9.80 Å². The number of carbonyl (C=O) groups is 1. The van der Waals surface area contributed by atoms with Crippen LogP contribution in [-0.2, 0) is 4.79 Å². The average Bonchev–Trinajstić information content (AvgIpc) is 2.78. The molecule has 2 aliphatic heterocycles. The summed E-state index contributed by atoms with van der Waals surface area (Å²) in [5, 5.41) is 0. The molecule has 4 atom stereocenters. The van der Waals surface area contributed by atoms with Crippen LogP contribution in [0.15, 0.2) is 0 Å². The van der Waals surface area contributed by atoms with E-state index in [1.54, 1.807) is 0 Å². The van der Waals surface area contributed by atoms with Gasteiger partial charge in [0.2, 0.25) is 5.91 Å². The van der Waals surface area contributed by atoms with Crippen LogP contribution in [0.2, 0.25) is 0 Å². The molecule has 114 valence electrons. The minimum absolute atomic E-state index is 0.0478. The summed E-state index contributed by atoms with van der Waals surface area (Å²) >= 11 is 0. The van der Waals surface area contributed by atoms with Crippen LogP contribution in [0.3, 0.4) is 0 Å². The quantitative estimate of drug-likeness (QED) is 0.793. The first kappa shape index (κ1) is 14.3. The van der Waals surface area contributed by atoms with Gasteiger partial charge < -0.3 is 10.6 Å². The van der Waals surface area contributed by atoms with Gasteiger partial charge in [-0.15, -0.1) is 0 Å². The summed E-state index contributed by atoms with van der Waals surface area (Å²) in [7, 11) is 0. The van der Waals surface area contributed by atoms with Crippen LogP contribution in [0.25, 0.3) is 0 Å². The SMILES string of the molecule is CC1CN2CCCCC2CN1C(=O)C1(C)CCCC1N. The van der Waals surface area contributed by atoms with Crippen LogP contribution in [0.4, 0.5) is 0 Å². The Bertz CT molecular complexity index is 386. The van der Waals surface area contributed by atoms with E-state index in [1.807, 2.05) is 0 Å². The molecule has 1 amide bonds. The molecule has 4 heteroatoms. The fourth-order valence-electron chi connectivity index (χ4n) is 4.42. The average molecular weight is 279 g/mol. The number of nitrogens with zero attached hydrogens (tertiary/aromatic N) is 2. The Balaban J connectivity index is 1.74. The Morgan fingerprint density at radius 2 is 2.00 bits per heavy atom. The molecule has 0 radical (unpaired) electrons. The van der Waals surface area contributed by atoms with E-state index in [0.717, 1.165) is 32.4 Å². The highest BCUT2D eigenvalue weighted by atomic mass is 16.2. The van der Waals surface area contributed by atoms with Crippen molar-refractivity contribution >= 4 is 5.91 Å². The Labute approximate surface area is 122 Å². The third-order valence-corrected chi connectivity index (χ3v) is 5.97. The Morgan fingerprint density at radius 1 is 1.20 bits per heavy atom. The fourth-order valence-corrected chi connectivity index (χ4v) is 4.42. The van der Waals surface area contributed by atoms with E-state index in [9.17, 15) is 4.79 Å². The standard InChI is InChI=1S/C16H29N3O/c1-12-10-18-9-4-3-6-13(18)11-19(12)15(20)16(2)8-5-7-14(16)17/h12-14H,3-11,17H2,1-2H3. The van der Waals surface area contributed by atoms with Crippen molar-refractivity contribution in [2.45, 2.75) is 70.5 Å². The maximum Gasteiger partial charge on any atom is 0.230 e. The highest BCUT2D eigenvalue weighted by Crippen LogP contribution is 2.39. The number of piperidine rings is 1. The van der Waals surface area contributed by atoms with Gasteiger partial charge in [0.1, 0.15) is 0 Å². The third kappa shape index (κ3) is 2.27. The second kappa shape index (κ2) is 5.30. The van der Waals surface area contributed by atoms with Gasteiger partial charge in [-0.3, -0.25) is 9.69 Å². The van der Waals surface area contributed by atoms with Crippen molar-refractivity contribution in [3.05, 3.63) is 0 Å². The van der Waals surface area contributed by atoms with E-state index in [0.29, 0.717) is 18.0 Å². The summed E-state index contributed by atoms with van der Waals surface area (Å²) in [6, 6.07) is 0.971. The van der Waals surface area contributed by atoms with E-state index in [2.05, 4.69) is 23.6 Å². The first-order valence-corrected chi connectivity index (χ1v) is 8.33. The van der Waals surface area contributed by atoms with Crippen LogP contribution in [0, 0.1) is 5.41 Å². The van der Waals surface area contributed by atoms with Crippen LogP contribution in [0.1, 0.15) is 52.4 Å². The first-order chi connectivity index (χ1) is 9.52. The minimum Gasteiger partial charge on any atom is -0.337 e. The van der Waals surface area contributed by atoms with Crippen LogP contribution < -0.4 is 5.73 Å². The summed E-state index contributed by atoms with van der Waals surface area (Å²) < 4.78 is 0. The predicted octanol–water partition coefficient (Wildman–Crippen LogP) is 1.59. The van der Waals surface area contributed by atoms with Crippen molar-refractivity contribution in [3.63, 3.8) is 0 Å². The number of hydrogen-bond donors (Lipinski definition) is 1. The Hall–Kier alpha value is -0.610. The molecule has 0 bridgehead atoms. The summed E-state index contributed by atoms with van der Waals surface area (Å²) in [6.07, 6.45) is 6.94. The van der Waals surface area contributed by atoms with Gasteiger partial charge in [0.15, 0.2) is 0 Å². The maximum absolute atomic E-state index is 13.0. The number of hydrogen-bond acceptors (Lipinski definition) is 3. The van der Waals surface area contributed by atoms with Gasteiger partial charge in [0, 0.05) is 31.2 Å². The summed E-state index contributed by atoms with van der Waals surface area (Å²) in [6.45, 7) is 7.47. The smallest absolute Gasteiger partial charge is 0.230 e. The normalized spacial score (nSPS) is 42.5. The van der Waals surface area contributed by atoms with Gasteiger partial charge in [0.05, 0.1) is 5.41 Å². The molecule has 20 heavy (non-hydrogen) atoms. The lowest BCUT2D eigenvalue weighted by Crippen LogP contribution is -2.63. The molecule has 3 aliphatic rings. The highest BCUT2D eigenvalue weighted by Gasteiger charge is 2.47. The van der Waals surface area contributed by atoms with Crippen LogP contribution in [-0.4, -0.2) is 53.5 Å². The lowest BCUT2D eigenvalue weighted by atomic mass is 9.82. The third-order valence-electron chi connectivity index (χ3n) is 5.97. The number of nitrogens with two attached hydrogens (primary N) is 1. The number of carbonyl (C=O) groups excluding carboxylic acids is 1. The van der Waals surface area contributed by atoms with Crippen molar-refractivity contribution < 1.29 is 4.79 Å². The molecule has 3 fully saturated rings. The van der Waals surface area contributed by atoms with Gasteiger partial charge in [-0.1, -0.05) is 12.8 Å². The topological polar surface area (TPSA) is 49.6 Å². The van der Waals surface area contributed by atoms with Crippen molar-refractivity contribution in [3.8, 4) is 0 Å². The molecule has 0 spiro atoms. The van der Waals surface area contributed by atoms with E-state index >= 15 is 0 Å². The summed E-state index contributed by atoms with van der Waals surface area (Å²) in [5.41, 5.74) is 5.93. The van der Waals surface area contributed by atoms with Crippen LogP contribution >= 0.6 is 0 Å². The molecule has 0 aromatic carbocycles. The molecule has 4 unspecified atom stereocenters. The molecular weight excluding hydrogens is 250 g/mol. The number of amides is 1. The van der Waals surface area contributed by atoms with Gasteiger partial charge in [0.25, 0.3) is 0 Å². The minimum atomic E-state index is -0.314. The van der Waals surface area contributed by atoms with Gasteiger partial charge in [-0.25, -0.2) is 0 Å². The van der Waals surface area contributed by atoms with E-state index in [-0.39, 0.29) is 11.5 Å². The molecule has 2 N–H and O–H groups in total. The number of rotatable bonds is 1. The summed E-state index contributed by atoms with van der Waals surface area (Å²) in [4.78, 5) is 17.8. The molecule has 1 aliphatic carbocycles. The fraction of sp³-hybridized carbons (Fsp3) is 0.938. The molecule has 2 heterocycles. The van der Waals surface area contributed by atoms with Crippen molar-refractivity contribution in [1.29, 1.82) is 0 Å². The highest BCUT2D eigenvalue weighted by molar-refractivity contribution is 5.84. The van der Waals surface area contributed by atoms with E-state index < -0.39 is 0 Å². The van der Waals surface area contributed by atoms with Gasteiger partial charge >= 0.3 is 0 Å². The largest absolute Gasteiger partial charge is 0.337 e. The zero-order chi connectivity index (χ0) is 14.3. The molecular formula is C16H29N3O. The predicted molar refractivity (Wildman–Crippen MR) is 80.3 cm³/mol. The van der Waals surface area contributed by atoms with Gasteiger partial charge in [-0.05, 0) is 46.1 Å². The lowest BCUT2D eigenvalue weighted by molar-refractivity contribution is -0.148. The molecule has 2 saturated heterocycles.